The first-order chi connectivity index (χ1) is 11.2. The third-order valence-electron chi connectivity index (χ3n) is 3.13. The zero-order valence-electron chi connectivity index (χ0n) is 13.6. The van der Waals surface area contributed by atoms with Crippen molar-refractivity contribution in [3.8, 4) is 23.0 Å². The third-order valence-corrected chi connectivity index (χ3v) is 3.13. The van der Waals surface area contributed by atoms with Gasteiger partial charge in [-0.15, -0.1) is 0 Å². The predicted molar refractivity (Wildman–Crippen MR) is 90.9 cm³/mol. The lowest BCUT2D eigenvalue weighted by Gasteiger charge is -2.08. The molecular weight excluding hydrogens is 296 g/mol. The normalized spacial score (nSPS) is 10.4. The van der Waals surface area contributed by atoms with Gasteiger partial charge in [-0.25, -0.2) is 4.99 Å². The zero-order valence-corrected chi connectivity index (χ0v) is 13.6. The summed E-state index contributed by atoms with van der Waals surface area (Å²) in [5.41, 5.74) is 1.52. The van der Waals surface area contributed by atoms with Gasteiger partial charge in [0, 0.05) is 42.1 Å². The van der Waals surface area contributed by atoms with Crippen molar-refractivity contribution >= 4 is 17.7 Å². The third kappa shape index (κ3) is 4.54. The molecule has 6 heteroatoms. The van der Waals surface area contributed by atoms with Crippen LogP contribution in [0.4, 0.5) is 11.4 Å². The van der Waals surface area contributed by atoms with Crippen molar-refractivity contribution in [1.29, 1.82) is 0 Å². The Morgan fingerprint density at radius 2 is 1.13 bits per heavy atom. The van der Waals surface area contributed by atoms with E-state index in [9.17, 15) is 0 Å². The monoisotopic (exact) mass is 316 g/mol. The van der Waals surface area contributed by atoms with Crippen molar-refractivity contribution in [3.63, 3.8) is 0 Å². The molecule has 0 unspecified atom stereocenters. The molecule has 0 aliphatic rings. The topological polar surface area (TPSA) is 61.3 Å². The molecule has 0 radical (unpaired) electrons. The van der Waals surface area contributed by atoms with Crippen LogP contribution in [0.15, 0.2) is 41.4 Å². The molecule has 0 aromatic heterocycles. The fraction of sp³-hybridized carbons (Fsp3) is 0.235. The molecule has 122 valence electrons. The molecule has 0 atom stereocenters. The van der Waals surface area contributed by atoms with Crippen molar-refractivity contribution in [2.45, 2.75) is 0 Å². The van der Waals surface area contributed by atoms with Gasteiger partial charge in [0.05, 0.1) is 40.5 Å². The second kappa shape index (κ2) is 7.93. The minimum atomic E-state index is 0.680. The molecular formula is C17H20N2O4. The first-order valence-electron chi connectivity index (χ1n) is 6.93. The van der Waals surface area contributed by atoms with E-state index in [4.69, 9.17) is 18.9 Å². The average molecular weight is 316 g/mol. The number of nitrogens with one attached hydrogen (secondary N) is 1. The van der Waals surface area contributed by atoms with E-state index in [0.717, 1.165) is 5.69 Å². The van der Waals surface area contributed by atoms with Crippen LogP contribution in [0.5, 0.6) is 23.0 Å². The van der Waals surface area contributed by atoms with Gasteiger partial charge in [0.2, 0.25) is 0 Å². The van der Waals surface area contributed by atoms with E-state index in [2.05, 4.69) is 10.3 Å². The molecule has 2 aromatic carbocycles. The van der Waals surface area contributed by atoms with Crippen LogP contribution in [0.25, 0.3) is 0 Å². The van der Waals surface area contributed by atoms with Crippen molar-refractivity contribution in [2.24, 2.45) is 4.99 Å². The molecule has 23 heavy (non-hydrogen) atoms. The molecule has 0 saturated carbocycles. The largest absolute Gasteiger partial charge is 0.497 e. The van der Waals surface area contributed by atoms with Crippen LogP contribution < -0.4 is 24.3 Å². The number of anilines is 1. The van der Waals surface area contributed by atoms with Crippen LogP contribution in [0, 0.1) is 0 Å². The number of benzene rings is 2. The minimum absolute atomic E-state index is 0.680. The van der Waals surface area contributed by atoms with E-state index in [1.165, 1.54) is 0 Å². The summed E-state index contributed by atoms with van der Waals surface area (Å²) < 4.78 is 20.9. The first-order valence-corrected chi connectivity index (χ1v) is 6.93. The zero-order chi connectivity index (χ0) is 16.7. The summed E-state index contributed by atoms with van der Waals surface area (Å²) in [7, 11) is 6.41. The Morgan fingerprint density at radius 3 is 1.57 bits per heavy atom. The molecule has 0 heterocycles. The average Bonchev–Trinajstić information content (AvgIpc) is 2.60. The Balaban J connectivity index is 2.15. The van der Waals surface area contributed by atoms with Gasteiger partial charge in [-0.1, -0.05) is 0 Å². The quantitative estimate of drug-likeness (QED) is 0.626. The predicted octanol–water partition coefficient (Wildman–Crippen LogP) is 3.49. The van der Waals surface area contributed by atoms with Gasteiger partial charge in [-0.3, -0.25) is 0 Å². The van der Waals surface area contributed by atoms with Gasteiger partial charge in [-0.05, 0) is 0 Å². The Morgan fingerprint density at radius 1 is 0.696 bits per heavy atom. The van der Waals surface area contributed by atoms with Crippen molar-refractivity contribution in [3.05, 3.63) is 36.4 Å². The van der Waals surface area contributed by atoms with E-state index in [1.54, 1.807) is 46.9 Å². The highest BCUT2D eigenvalue weighted by Crippen LogP contribution is 2.28. The summed E-state index contributed by atoms with van der Waals surface area (Å²) in [6.07, 6.45) is 1.59. The molecule has 0 aliphatic carbocycles. The van der Waals surface area contributed by atoms with Gasteiger partial charge in [-0.2, -0.15) is 0 Å². The lowest BCUT2D eigenvalue weighted by molar-refractivity contribution is 0.394. The summed E-state index contributed by atoms with van der Waals surface area (Å²) in [5.74, 6) is 2.76. The van der Waals surface area contributed by atoms with Gasteiger partial charge in [0.25, 0.3) is 0 Å². The Bertz CT molecular complexity index is 642. The standard InChI is InChI=1S/C17H20N2O4/c1-20-14-5-12(6-15(9-14)21-2)18-11-19-13-7-16(22-3)10-17(8-13)23-4/h5-11H,1-4H3,(H,18,19). The molecule has 0 saturated heterocycles. The Labute approximate surface area is 135 Å². The highest BCUT2D eigenvalue weighted by atomic mass is 16.5. The number of hydrogen-bond acceptors (Lipinski definition) is 5. The van der Waals surface area contributed by atoms with Gasteiger partial charge in [0.15, 0.2) is 0 Å². The SMILES string of the molecule is COc1cc(N=CNc2cc(OC)cc(OC)c2)cc(OC)c1. The summed E-state index contributed by atoms with van der Waals surface area (Å²) in [5, 5.41) is 3.08. The number of methoxy groups -OCH3 is 4. The van der Waals surface area contributed by atoms with Crippen LogP contribution in [-0.2, 0) is 0 Å². The molecule has 0 spiro atoms. The number of ether oxygens (including phenoxy) is 4. The van der Waals surface area contributed by atoms with E-state index < -0.39 is 0 Å². The van der Waals surface area contributed by atoms with Crippen LogP contribution in [-0.4, -0.2) is 34.8 Å². The molecule has 0 fully saturated rings. The number of rotatable bonds is 7. The highest BCUT2D eigenvalue weighted by Gasteiger charge is 2.02. The van der Waals surface area contributed by atoms with Gasteiger partial charge < -0.3 is 24.3 Å². The van der Waals surface area contributed by atoms with Crippen LogP contribution in [0.3, 0.4) is 0 Å². The van der Waals surface area contributed by atoms with E-state index >= 15 is 0 Å². The van der Waals surface area contributed by atoms with E-state index in [0.29, 0.717) is 28.7 Å². The number of aliphatic imine (C=N–C) groups is 1. The van der Waals surface area contributed by atoms with Crippen LogP contribution in [0.1, 0.15) is 0 Å². The maximum atomic E-state index is 5.22. The van der Waals surface area contributed by atoms with Gasteiger partial charge in [0.1, 0.15) is 23.0 Å². The Hall–Kier alpha value is -2.89. The lowest BCUT2D eigenvalue weighted by atomic mass is 10.3. The van der Waals surface area contributed by atoms with E-state index in [1.807, 2.05) is 24.3 Å². The second-order valence-corrected chi connectivity index (χ2v) is 4.57. The fourth-order valence-electron chi connectivity index (χ4n) is 1.94. The van der Waals surface area contributed by atoms with Crippen molar-refractivity contribution in [1.82, 2.24) is 0 Å². The smallest absolute Gasteiger partial charge is 0.124 e. The molecule has 2 rings (SSSR count). The number of hydrogen-bond donors (Lipinski definition) is 1. The number of nitrogens with zero attached hydrogens (tertiary/aromatic N) is 1. The molecule has 0 aliphatic heterocycles. The maximum Gasteiger partial charge on any atom is 0.124 e. The lowest BCUT2D eigenvalue weighted by Crippen LogP contribution is -1.96. The van der Waals surface area contributed by atoms with E-state index in [-0.39, 0.29) is 0 Å². The van der Waals surface area contributed by atoms with Crippen molar-refractivity contribution in [2.75, 3.05) is 33.8 Å². The molecule has 6 nitrogen and oxygen atoms in total. The highest BCUT2D eigenvalue weighted by molar-refractivity contribution is 5.79. The fourth-order valence-corrected chi connectivity index (χ4v) is 1.94. The van der Waals surface area contributed by atoms with Crippen LogP contribution >= 0.6 is 0 Å². The molecule has 2 aromatic rings. The maximum absolute atomic E-state index is 5.22. The van der Waals surface area contributed by atoms with Gasteiger partial charge >= 0.3 is 0 Å². The van der Waals surface area contributed by atoms with Crippen LogP contribution in [0.2, 0.25) is 0 Å². The first kappa shape index (κ1) is 16.5. The Kier molecular flexibility index (Phi) is 5.68. The summed E-state index contributed by atoms with van der Waals surface area (Å²) >= 11 is 0. The summed E-state index contributed by atoms with van der Waals surface area (Å²) in [4.78, 5) is 4.35. The second-order valence-electron chi connectivity index (χ2n) is 4.57. The summed E-state index contributed by atoms with van der Waals surface area (Å²) in [6.45, 7) is 0. The molecule has 0 bridgehead atoms. The summed E-state index contributed by atoms with van der Waals surface area (Å²) in [6, 6.07) is 10.9. The molecule has 0 amide bonds. The van der Waals surface area contributed by atoms with Crippen molar-refractivity contribution < 1.29 is 18.9 Å². The molecule has 1 N–H and O–H groups in total. The minimum Gasteiger partial charge on any atom is -0.497 e.